The fraction of sp³-hybridized carbons (Fsp3) is 0.355. The molecule has 0 spiro atoms. The van der Waals surface area contributed by atoms with Crippen LogP contribution in [0.3, 0.4) is 0 Å². The summed E-state index contributed by atoms with van der Waals surface area (Å²) in [5, 5.41) is 3.21. The molecule has 4 atom stereocenters. The van der Waals surface area contributed by atoms with Gasteiger partial charge < -0.3 is 14.8 Å². The molecule has 0 saturated heterocycles. The van der Waals surface area contributed by atoms with Crippen LogP contribution in [-0.2, 0) is 37.1 Å². The van der Waals surface area contributed by atoms with Crippen LogP contribution >= 0.6 is 0 Å². The van der Waals surface area contributed by atoms with Crippen molar-refractivity contribution < 1.29 is 27.5 Å². The summed E-state index contributed by atoms with van der Waals surface area (Å²) in [6, 6.07) is 23.2. The summed E-state index contributed by atoms with van der Waals surface area (Å²) in [4.78, 5) is 25.3. The average Bonchev–Trinajstić information content (AvgIpc) is 3.32. The van der Waals surface area contributed by atoms with Crippen LogP contribution in [0.25, 0.3) is 0 Å². The molecule has 4 rings (SSSR count). The van der Waals surface area contributed by atoms with Crippen molar-refractivity contribution in [2.45, 2.75) is 49.3 Å². The highest BCUT2D eigenvalue weighted by molar-refractivity contribution is 7.89. The number of fused-ring (bicyclic) bond motifs is 1. The van der Waals surface area contributed by atoms with Gasteiger partial charge in [0.05, 0.1) is 23.1 Å². The van der Waals surface area contributed by atoms with Gasteiger partial charge >= 0.3 is 0 Å². The van der Waals surface area contributed by atoms with E-state index in [-0.39, 0.29) is 35.3 Å². The Morgan fingerprint density at radius 1 is 0.950 bits per heavy atom. The molecule has 0 aromatic heterocycles. The number of benzene rings is 3. The zero-order chi connectivity index (χ0) is 28.7. The number of rotatable bonds is 13. The van der Waals surface area contributed by atoms with Gasteiger partial charge in [-0.1, -0.05) is 66.7 Å². The minimum atomic E-state index is -3.84. The Kier molecular flexibility index (Phi) is 9.86. The first kappa shape index (κ1) is 29.6. The number of hydrogen-bond donors (Lipinski definition) is 2. The van der Waals surface area contributed by atoms with Crippen LogP contribution in [0.1, 0.15) is 46.4 Å². The summed E-state index contributed by atoms with van der Waals surface area (Å²) < 4.78 is 39.8. The van der Waals surface area contributed by atoms with Crippen molar-refractivity contribution in [3.8, 4) is 0 Å². The van der Waals surface area contributed by atoms with Gasteiger partial charge in [-0.05, 0) is 48.6 Å². The normalized spacial score (nSPS) is 18.1. The second-order valence-electron chi connectivity index (χ2n) is 10.1. The predicted octanol–water partition coefficient (Wildman–Crippen LogP) is 3.86. The molecule has 2 N–H and O–H groups in total. The van der Waals surface area contributed by atoms with Gasteiger partial charge in [-0.3, -0.25) is 9.59 Å². The Hall–Kier alpha value is -3.37. The highest BCUT2D eigenvalue weighted by Gasteiger charge is 2.35. The number of carbonyl (C=O) groups is 2. The first-order valence-electron chi connectivity index (χ1n) is 13.3. The van der Waals surface area contributed by atoms with Crippen LogP contribution in [0.4, 0.5) is 0 Å². The van der Waals surface area contributed by atoms with E-state index in [1.165, 1.54) is 38.3 Å². The molecule has 0 aliphatic heterocycles. The minimum Gasteiger partial charge on any atom is -0.380 e. The van der Waals surface area contributed by atoms with E-state index in [9.17, 15) is 18.0 Å². The van der Waals surface area contributed by atoms with Crippen molar-refractivity contribution in [2.24, 2.45) is 5.92 Å². The van der Waals surface area contributed by atoms with Gasteiger partial charge in [0.15, 0.2) is 5.78 Å². The SMILES string of the molecule is CO[C@H](CNS(=O)(=O)c1ccc(C(C)=O)cc1)C[C@@H](Cc1ccccc1)C(=O)N[C@H]1c2ccccc2C[C@H]1OC. The second kappa shape index (κ2) is 13.3. The van der Waals surface area contributed by atoms with E-state index in [2.05, 4.69) is 16.1 Å². The van der Waals surface area contributed by atoms with Crippen molar-refractivity contribution in [1.82, 2.24) is 10.0 Å². The lowest BCUT2D eigenvalue weighted by atomic mass is 9.92. The number of carbonyl (C=O) groups excluding carboxylic acids is 2. The molecule has 0 unspecified atom stereocenters. The maximum atomic E-state index is 13.7. The Labute approximate surface area is 236 Å². The van der Waals surface area contributed by atoms with E-state index in [0.717, 1.165) is 23.1 Å². The van der Waals surface area contributed by atoms with Crippen LogP contribution in [0, 0.1) is 5.92 Å². The summed E-state index contributed by atoms with van der Waals surface area (Å²) in [5.74, 6) is -0.758. The third kappa shape index (κ3) is 7.22. The molecule has 0 radical (unpaired) electrons. The standard InChI is InChI=1S/C31H36N2O6S/c1-21(34)23-13-15-27(16-14-23)40(36,37)32-20-26(38-2)18-25(17-22-9-5-4-6-10-22)31(35)33-30-28-12-8-7-11-24(28)19-29(30)39-3/h4-16,25-26,29-30,32H,17-20H2,1-3H3,(H,33,35)/t25-,26+,29-,30+/m1/s1. The maximum absolute atomic E-state index is 13.7. The largest absolute Gasteiger partial charge is 0.380 e. The Balaban J connectivity index is 1.48. The van der Waals surface area contributed by atoms with Crippen LogP contribution in [-0.4, -0.2) is 53.1 Å². The first-order chi connectivity index (χ1) is 19.2. The number of ketones is 1. The van der Waals surface area contributed by atoms with Gasteiger partial charge in [0, 0.05) is 38.7 Å². The summed E-state index contributed by atoms with van der Waals surface area (Å²) in [7, 11) is -0.687. The minimum absolute atomic E-state index is 0.0151. The summed E-state index contributed by atoms with van der Waals surface area (Å²) in [6.45, 7) is 1.41. The smallest absolute Gasteiger partial charge is 0.240 e. The Bertz CT molecular complexity index is 1410. The molecule has 1 aliphatic carbocycles. The molecule has 8 nitrogen and oxygen atoms in total. The average molecular weight is 565 g/mol. The fourth-order valence-corrected chi connectivity index (χ4v) is 6.20. The van der Waals surface area contributed by atoms with E-state index in [1.54, 1.807) is 7.11 Å². The number of ether oxygens (including phenoxy) is 2. The summed E-state index contributed by atoms with van der Waals surface area (Å²) in [5.41, 5.74) is 3.63. The molecule has 3 aromatic carbocycles. The lowest BCUT2D eigenvalue weighted by molar-refractivity contribution is -0.127. The van der Waals surface area contributed by atoms with E-state index in [4.69, 9.17) is 9.47 Å². The molecule has 1 aliphatic rings. The van der Waals surface area contributed by atoms with Gasteiger partial charge in [0.2, 0.25) is 15.9 Å². The van der Waals surface area contributed by atoms with Gasteiger partial charge in [-0.15, -0.1) is 0 Å². The highest BCUT2D eigenvalue weighted by Crippen LogP contribution is 2.33. The molecular formula is C31H36N2O6S. The van der Waals surface area contributed by atoms with Crippen LogP contribution < -0.4 is 10.0 Å². The second-order valence-corrected chi connectivity index (χ2v) is 11.8. The fourth-order valence-electron chi connectivity index (χ4n) is 5.14. The third-order valence-corrected chi connectivity index (χ3v) is 8.87. The van der Waals surface area contributed by atoms with Gasteiger partial charge in [-0.25, -0.2) is 13.1 Å². The molecule has 0 fully saturated rings. The van der Waals surface area contributed by atoms with E-state index in [0.29, 0.717) is 18.4 Å². The molecule has 1 amide bonds. The molecule has 9 heteroatoms. The number of Topliss-reactive ketones (excluding diaryl/α,β-unsaturated/α-hetero) is 1. The summed E-state index contributed by atoms with van der Waals surface area (Å²) in [6.07, 6.45) is 0.766. The number of amides is 1. The summed E-state index contributed by atoms with van der Waals surface area (Å²) >= 11 is 0. The molecule has 3 aromatic rings. The molecule has 40 heavy (non-hydrogen) atoms. The van der Waals surface area contributed by atoms with Crippen LogP contribution in [0.5, 0.6) is 0 Å². The van der Waals surface area contributed by atoms with Crippen molar-refractivity contribution in [3.05, 3.63) is 101 Å². The molecule has 0 heterocycles. The van der Waals surface area contributed by atoms with Crippen molar-refractivity contribution in [2.75, 3.05) is 20.8 Å². The third-order valence-electron chi connectivity index (χ3n) is 7.43. The Morgan fingerprint density at radius 2 is 1.62 bits per heavy atom. The van der Waals surface area contributed by atoms with E-state index in [1.807, 2.05) is 48.5 Å². The van der Waals surface area contributed by atoms with E-state index >= 15 is 0 Å². The molecule has 0 saturated carbocycles. The molecular weight excluding hydrogens is 528 g/mol. The Morgan fingerprint density at radius 3 is 2.27 bits per heavy atom. The van der Waals surface area contributed by atoms with Gasteiger partial charge in [0.25, 0.3) is 0 Å². The topological polar surface area (TPSA) is 111 Å². The van der Waals surface area contributed by atoms with Crippen molar-refractivity contribution in [3.63, 3.8) is 0 Å². The van der Waals surface area contributed by atoms with E-state index < -0.39 is 22.0 Å². The molecule has 0 bridgehead atoms. The zero-order valence-corrected chi connectivity index (χ0v) is 23.8. The predicted molar refractivity (Wildman–Crippen MR) is 153 cm³/mol. The maximum Gasteiger partial charge on any atom is 0.240 e. The molecule has 212 valence electrons. The monoisotopic (exact) mass is 564 g/mol. The first-order valence-corrected chi connectivity index (χ1v) is 14.8. The number of methoxy groups -OCH3 is 2. The zero-order valence-electron chi connectivity index (χ0n) is 23.0. The van der Waals surface area contributed by atoms with Crippen LogP contribution in [0.2, 0.25) is 0 Å². The van der Waals surface area contributed by atoms with Gasteiger partial charge in [-0.2, -0.15) is 0 Å². The number of nitrogens with one attached hydrogen (secondary N) is 2. The lowest BCUT2D eigenvalue weighted by Crippen LogP contribution is -2.42. The highest BCUT2D eigenvalue weighted by atomic mass is 32.2. The van der Waals surface area contributed by atoms with Crippen molar-refractivity contribution >= 4 is 21.7 Å². The van der Waals surface area contributed by atoms with Crippen LogP contribution in [0.15, 0.2) is 83.8 Å². The number of sulfonamides is 1. The lowest BCUT2D eigenvalue weighted by Gasteiger charge is -2.26. The number of hydrogen-bond acceptors (Lipinski definition) is 6. The quantitative estimate of drug-likeness (QED) is 0.305. The van der Waals surface area contributed by atoms with Crippen molar-refractivity contribution in [1.29, 1.82) is 0 Å². The van der Waals surface area contributed by atoms with Gasteiger partial charge in [0.1, 0.15) is 0 Å².